The third-order valence-electron chi connectivity index (χ3n) is 4.27. The van der Waals surface area contributed by atoms with Crippen LogP contribution in [0.25, 0.3) is 0 Å². The van der Waals surface area contributed by atoms with Gasteiger partial charge in [0.25, 0.3) is 0 Å². The molecule has 0 aliphatic heterocycles. The van der Waals surface area contributed by atoms with Gasteiger partial charge in [0.2, 0.25) is 11.6 Å². The predicted octanol–water partition coefficient (Wildman–Crippen LogP) is 4.60. The van der Waals surface area contributed by atoms with Crippen LogP contribution >= 0.6 is 11.6 Å². The highest BCUT2D eigenvalue weighted by molar-refractivity contribution is 6.45. The molecule has 0 saturated carbocycles. The first-order chi connectivity index (χ1) is 10.7. The smallest absolute Gasteiger partial charge is 0.229 e. The van der Waals surface area contributed by atoms with Crippen LogP contribution in [0.4, 0.5) is 0 Å². The molecule has 0 bridgehead atoms. The molecule has 2 aromatic carbocycles. The molecule has 0 saturated heterocycles. The first-order valence-corrected chi connectivity index (χ1v) is 7.96. The number of Topliss-reactive ketones (excluding diaryl/α,β-unsaturated/α-hetero) is 2. The number of halogens is 1. The molecule has 3 rings (SSSR count). The van der Waals surface area contributed by atoms with Gasteiger partial charge in [-0.05, 0) is 54.7 Å². The zero-order valence-electron chi connectivity index (χ0n) is 12.2. The summed E-state index contributed by atoms with van der Waals surface area (Å²) in [5.41, 5.74) is 2.63. The molecule has 0 fully saturated rings. The Hall–Kier alpha value is -1.93. The van der Waals surface area contributed by atoms with E-state index >= 15 is 0 Å². The van der Waals surface area contributed by atoms with Crippen LogP contribution in [0, 0.1) is 0 Å². The number of hydrogen-bond acceptors (Lipinski definition) is 2. The maximum atomic E-state index is 12.7. The lowest BCUT2D eigenvalue weighted by Gasteiger charge is -2.15. The Morgan fingerprint density at radius 3 is 2.45 bits per heavy atom. The fourth-order valence-corrected chi connectivity index (χ4v) is 3.22. The summed E-state index contributed by atoms with van der Waals surface area (Å²) < 4.78 is 0. The van der Waals surface area contributed by atoms with Crippen LogP contribution in [0.5, 0.6) is 0 Å². The standard InChI is InChI=1S/C19H17ClO2/c20-15-11-9-14(10-12-15)18(21)19(22)17-8-4-2-6-13-5-1-3-7-16(13)17/h1,3,5,7,9-12,17H,2,4,6,8H2. The summed E-state index contributed by atoms with van der Waals surface area (Å²) in [5.74, 6) is -1.04. The summed E-state index contributed by atoms with van der Waals surface area (Å²) in [6, 6.07) is 14.5. The number of aryl methyl sites for hydroxylation is 1. The summed E-state index contributed by atoms with van der Waals surface area (Å²) in [6.45, 7) is 0. The van der Waals surface area contributed by atoms with Crippen molar-refractivity contribution >= 4 is 23.2 Å². The third kappa shape index (κ3) is 2.97. The average molecular weight is 313 g/mol. The number of carbonyl (C=O) groups excluding carboxylic acids is 2. The van der Waals surface area contributed by atoms with E-state index in [9.17, 15) is 9.59 Å². The minimum atomic E-state index is -0.418. The molecule has 2 nitrogen and oxygen atoms in total. The van der Waals surface area contributed by atoms with Crippen molar-refractivity contribution < 1.29 is 9.59 Å². The maximum absolute atomic E-state index is 12.7. The van der Waals surface area contributed by atoms with Crippen LogP contribution < -0.4 is 0 Å². The lowest BCUT2D eigenvalue weighted by Crippen LogP contribution is -2.22. The SMILES string of the molecule is O=C(C(=O)C1CCCCc2ccccc21)c1ccc(Cl)cc1. The summed E-state index contributed by atoms with van der Waals surface area (Å²) >= 11 is 5.84. The Bertz CT molecular complexity index is 704. The number of benzene rings is 2. The summed E-state index contributed by atoms with van der Waals surface area (Å²) in [7, 11) is 0. The molecule has 0 N–H and O–H groups in total. The Morgan fingerprint density at radius 2 is 1.68 bits per heavy atom. The van der Waals surface area contributed by atoms with E-state index < -0.39 is 5.78 Å². The first-order valence-electron chi connectivity index (χ1n) is 7.59. The zero-order chi connectivity index (χ0) is 15.5. The Labute approximate surface area is 135 Å². The number of ketones is 2. The number of fused-ring (bicyclic) bond motifs is 1. The van der Waals surface area contributed by atoms with Crippen molar-refractivity contribution in [2.45, 2.75) is 31.6 Å². The molecule has 1 aliphatic rings. The van der Waals surface area contributed by atoms with E-state index in [0.29, 0.717) is 10.6 Å². The first kappa shape index (κ1) is 15.0. The van der Waals surface area contributed by atoms with Gasteiger partial charge in [-0.3, -0.25) is 9.59 Å². The van der Waals surface area contributed by atoms with Gasteiger partial charge in [-0.2, -0.15) is 0 Å². The molecule has 0 amide bonds. The molecular weight excluding hydrogens is 296 g/mol. The quantitative estimate of drug-likeness (QED) is 0.471. The monoisotopic (exact) mass is 312 g/mol. The summed E-state index contributed by atoms with van der Waals surface area (Å²) in [4.78, 5) is 25.2. The van der Waals surface area contributed by atoms with Crippen molar-refractivity contribution in [3.63, 3.8) is 0 Å². The van der Waals surface area contributed by atoms with Crippen LogP contribution in [-0.4, -0.2) is 11.6 Å². The van der Waals surface area contributed by atoms with Crippen LogP contribution in [0.1, 0.15) is 46.7 Å². The Balaban J connectivity index is 1.91. The third-order valence-corrected chi connectivity index (χ3v) is 4.52. The molecule has 1 unspecified atom stereocenters. The predicted molar refractivity (Wildman–Crippen MR) is 87.5 cm³/mol. The van der Waals surface area contributed by atoms with E-state index in [0.717, 1.165) is 31.2 Å². The van der Waals surface area contributed by atoms with Crippen molar-refractivity contribution in [2.24, 2.45) is 0 Å². The van der Waals surface area contributed by atoms with Gasteiger partial charge in [-0.1, -0.05) is 42.3 Å². The van der Waals surface area contributed by atoms with E-state index in [1.54, 1.807) is 24.3 Å². The average Bonchev–Trinajstić information content (AvgIpc) is 2.76. The van der Waals surface area contributed by atoms with Gasteiger partial charge >= 0.3 is 0 Å². The van der Waals surface area contributed by atoms with Gasteiger partial charge in [-0.15, -0.1) is 0 Å². The molecule has 1 atom stereocenters. The fraction of sp³-hybridized carbons (Fsp3) is 0.263. The Kier molecular flexibility index (Phi) is 4.39. The Morgan fingerprint density at radius 1 is 0.955 bits per heavy atom. The van der Waals surface area contributed by atoms with Crippen molar-refractivity contribution in [1.82, 2.24) is 0 Å². The van der Waals surface area contributed by atoms with Gasteiger partial charge in [0.05, 0.1) is 5.92 Å². The van der Waals surface area contributed by atoms with Crippen molar-refractivity contribution in [3.8, 4) is 0 Å². The highest BCUT2D eigenvalue weighted by Gasteiger charge is 2.30. The molecule has 0 heterocycles. The fourth-order valence-electron chi connectivity index (χ4n) is 3.10. The topological polar surface area (TPSA) is 34.1 Å². The normalized spacial score (nSPS) is 17.4. The number of hydrogen-bond donors (Lipinski definition) is 0. The van der Waals surface area contributed by atoms with Gasteiger partial charge in [0.1, 0.15) is 0 Å². The molecule has 3 heteroatoms. The summed E-state index contributed by atoms with van der Waals surface area (Å²) in [6.07, 6.45) is 3.76. The minimum absolute atomic E-state index is 0.309. The lowest BCUT2D eigenvalue weighted by atomic mass is 9.86. The van der Waals surface area contributed by atoms with E-state index in [1.807, 2.05) is 18.2 Å². The second-order valence-corrected chi connectivity index (χ2v) is 6.13. The highest BCUT2D eigenvalue weighted by atomic mass is 35.5. The molecule has 0 radical (unpaired) electrons. The molecule has 2 aromatic rings. The van der Waals surface area contributed by atoms with E-state index in [2.05, 4.69) is 6.07 Å². The van der Waals surface area contributed by atoms with E-state index in [4.69, 9.17) is 11.6 Å². The van der Waals surface area contributed by atoms with Crippen molar-refractivity contribution in [2.75, 3.05) is 0 Å². The number of rotatable bonds is 3. The zero-order valence-corrected chi connectivity index (χ0v) is 13.0. The van der Waals surface area contributed by atoms with Gasteiger partial charge in [-0.25, -0.2) is 0 Å². The molecule has 112 valence electrons. The number of carbonyl (C=O) groups is 2. The van der Waals surface area contributed by atoms with Crippen LogP contribution in [0.3, 0.4) is 0 Å². The van der Waals surface area contributed by atoms with Crippen LogP contribution in [-0.2, 0) is 11.2 Å². The molecule has 1 aliphatic carbocycles. The van der Waals surface area contributed by atoms with Crippen LogP contribution in [0.15, 0.2) is 48.5 Å². The van der Waals surface area contributed by atoms with Gasteiger partial charge < -0.3 is 0 Å². The summed E-state index contributed by atoms with van der Waals surface area (Å²) in [5, 5.41) is 0.559. The maximum Gasteiger partial charge on any atom is 0.229 e. The molecule has 0 spiro atoms. The molecule has 0 aromatic heterocycles. The van der Waals surface area contributed by atoms with E-state index in [1.165, 1.54) is 5.56 Å². The van der Waals surface area contributed by atoms with Crippen molar-refractivity contribution in [3.05, 3.63) is 70.2 Å². The second kappa shape index (κ2) is 6.45. The highest BCUT2D eigenvalue weighted by Crippen LogP contribution is 2.32. The molecule has 22 heavy (non-hydrogen) atoms. The molecular formula is C19H17ClO2. The van der Waals surface area contributed by atoms with E-state index in [-0.39, 0.29) is 11.7 Å². The van der Waals surface area contributed by atoms with Gasteiger partial charge in [0, 0.05) is 10.6 Å². The largest absolute Gasteiger partial charge is 0.290 e. The van der Waals surface area contributed by atoms with Gasteiger partial charge in [0.15, 0.2) is 0 Å². The van der Waals surface area contributed by atoms with Crippen molar-refractivity contribution in [1.29, 1.82) is 0 Å². The minimum Gasteiger partial charge on any atom is -0.290 e. The lowest BCUT2D eigenvalue weighted by molar-refractivity contribution is -0.116. The van der Waals surface area contributed by atoms with Crippen LogP contribution in [0.2, 0.25) is 5.02 Å². The second-order valence-electron chi connectivity index (χ2n) is 5.70.